The highest BCUT2D eigenvalue weighted by Crippen LogP contribution is 2.13. The number of nitrogens with one attached hydrogen (secondary N) is 2. The number of halogens is 1. The van der Waals surface area contributed by atoms with Gasteiger partial charge in [-0.15, -0.1) is 0 Å². The molecule has 0 aliphatic heterocycles. The van der Waals surface area contributed by atoms with Crippen molar-refractivity contribution in [2.75, 3.05) is 10.6 Å². The number of hydrogen-bond acceptors (Lipinski definition) is 3. The van der Waals surface area contributed by atoms with Gasteiger partial charge in [-0.05, 0) is 42.0 Å². The maximum atomic E-state index is 12.9. The summed E-state index contributed by atoms with van der Waals surface area (Å²) in [4.78, 5) is 16.3. The summed E-state index contributed by atoms with van der Waals surface area (Å²) < 4.78 is 12.9. The molecule has 0 aliphatic carbocycles. The minimum atomic E-state index is -0.349. The van der Waals surface area contributed by atoms with Gasteiger partial charge in [-0.25, -0.2) is 4.39 Å². The van der Waals surface area contributed by atoms with Crippen LogP contribution in [0.3, 0.4) is 0 Å². The summed E-state index contributed by atoms with van der Waals surface area (Å²) in [5.74, 6) is -0.691. The molecule has 0 fully saturated rings. The Morgan fingerprint density at radius 1 is 0.958 bits per heavy atom. The molecule has 0 saturated heterocycles. The first-order valence-corrected chi connectivity index (χ1v) is 7.51. The van der Waals surface area contributed by atoms with E-state index < -0.39 is 0 Å². The Kier molecular flexibility index (Phi) is 4.81. The van der Waals surface area contributed by atoms with E-state index in [0.717, 1.165) is 11.3 Å². The van der Waals surface area contributed by atoms with Crippen LogP contribution in [0.2, 0.25) is 0 Å². The van der Waals surface area contributed by atoms with Crippen LogP contribution in [0.15, 0.2) is 72.9 Å². The third kappa shape index (κ3) is 4.16. The third-order valence-electron chi connectivity index (χ3n) is 3.43. The second kappa shape index (κ2) is 7.37. The van der Waals surface area contributed by atoms with E-state index in [1.54, 1.807) is 18.3 Å². The number of carbonyl (C=O) groups is 1. The van der Waals surface area contributed by atoms with Crippen LogP contribution in [0.25, 0.3) is 0 Å². The van der Waals surface area contributed by atoms with Crippen LogP contribution >= 0.6 is 0 Å². The Morgan fingerprint density at radius 2 is 1.71 bits per heavy atom. The number of anilines is 2. The second-order valence-electron chi connectivity index (χ2n) is 5.23. The lowest BCUT2D eigenvalue weighted by Gasteiger charge is -2.09. The number of aromatic nitrogens is 1. The molecule has 0 bridgehead atoms. The molecule has 0 radical (unpaired) electrons. The Bertz CT molecular complexity index is 820. The van der Waals surface area contributed by atoms with Gasteiger partial charge in [-0.1, -0.05) is 30.3 Å². The van der Waals surface area contributed by atoms with Crippen LogP contribution in [0.4, 0.5) is 15.8 Å². The summed E-state index contributed by atoms with van der Waals surface area (Å²) in [5.41, 5.74) is 2.76. The smallest absolute Gasteiger partial charge is 0.274 e. The van der Waals surface area contributed by atoms with Crippen molar-refractivity contribution in [2.24, 2.45) is 0 Å². The quantitative estimate of drug-likeness (QED) is 0.744. The summed E-state index contributed by atoms with van der Waals surface area (Å²) in [7, 11) is 0. The van der Waals surface area contributed by atoms with E-state index in [-0.39, 0.29) is 17.4 Å². The summed E-state index contributed by atoms with van der Waals surface area (Å²) >= 11 is 0. The first-order valence-electron chi connectivity index (χ1n) is 7.51. The second-order valence-corrected chi connectivity index (χ2v) is 5.23. The van der Waals surface area contributed by atoms with Crippen LogP contribution in [-0.4, -0.2) is 10.9 Å². The molecule has 1 aromatic heterocycles. The molecule has 0 saturated carbocycles. The van der Waals surface area contributed by atoms with Crippen LogP contribution in [-0.2, 0) is 6.54 Å². The van der Waals surface area contributed by atoms with Crippen LogP contribution in [0.1, 0.15) is 16.1 Å². The van der Waals surface area contributed by atoms with E-state index in [9.17, 15) is 9.18 Å². The number of benzene rings is 2. The van der Waals surface area contributed by atoms with E-state index >= 15 is 0 Å². The van der Waals surface area contributed by atoms with Crippen LogP contribution in [0.5, 0.6) is 0 Å². The van der Waals surface area contributed by atoms with Gasteiger partial charge in [0.2, 0.25) is 0 Å². The normalized spacial score (nSPS) is 10.2. The average molecular weight is 321 g/mol. The SMILES string of the molecule is O=C(Nc1ccc(F)cc1)c1cc(NCc2ccccc2)ccn1. The molecule has 5 heteroatoms. The van der Waals surface area contributed by atoms with Crippen LogP contribution < -0.4 is 10.6 Å². The van der Waals surface area contributed by atoms with Crippen molar-refractivity contribution >= 4 is 17.3 Å². The molecule has 2 aromatic carbocycles. The number of nitrogens with zero attached hydrogens (tertiary/aromatic N) is 1. The average Bonchev–Trinajstić information content (AvgIpc) is 2.63. The fourth-order valence-electron chi connectivity index (χ4n) is 2.19. The maximum absolute atomic E-state index is 12.9. The van der Waals surface area contributed by atoms with Crippen molar-refractivity contribution in [3.05, 3.63) is 90.0 Å². The molecular weight excluding hydrogens is 305 g/mol. The van der Waals surface area contributed by atoms with Gasteiger partial charge in [0.1, 0.15) is 11.5 Å². The summed E-state index contributed by atoms with van der Waals surface area (Å²) in [6, 6.07) is 19.0. The summed E-state index contributed by atoms with van der Waals surface area (Å²) in [6.07, 6.45) is 1.58. The standard InChI is InChI=1S/C19H16FN3O/c20-15-6-8-16(9-7-15)23-19(24)18-12-17(10-11-21-18)22-13-14-4-2-1-3-5-14/h1-12H,13H2,(H,21,22)(H,23,24). The van der Waals surface area contributed by atoms with Gasteiger partial charge in [0.05, 0.1) is 0 Å². The van der Waals surface area contributed by atoms with Gasteiger partial charge in [-0.2, -0.15) is 0 Å². The maximum Gasteiger partial charge on any atom is 0.274 e. The van der Waals surface area contributed by atoms with Gasteiger partial charge in [0.15, 0.2) is 0 Å². The van der Waals surface area contributed by atoms with Gasteiger partial charge in [-0.3, -0.25) is 9.78 Å². The Hall–Kier alpha value is -3.21. The molecule has 4 nitrogen and oxygen atoms in total. The summed E-state index contributed by atoms with van der Waals surface area (Å²) in [5, 5.41) is 5.95. The minimum absolute atomic E-state index is 0.289. The lowest BCUT2D eigenvalue weighted by Crippen LogP contribution is -2.14. The lowest BCUT2D eigenvalue weighted by molar-refractivity contribution is 0.102. The molecule has 0 atom stereocenters. The van der Waals surface area contributed by atoms with Crippen LogP contribution in [0, 0.1) is 5.82 Å². The molecule has 0 aliphatic rings. The molecule has 3 rings (SSSR count). The third-order valence-corrected chi connectivity index (χ3v) is 3.43. The number of amides is 1. The van der Waals surface area contributed by atoms with Gasteiger partial charge in [0, 0.05) is 24.1 Å². The molecule has 120 valence electrons. The Balaban J connectivity index is 1.65. The first kappa shape index (κ1) is 15.7. The van der Waals surface area contributed by atoms with Gasteiger partial charge >= 0.3 is 0 Å². The van der Waals surface area contributed by atoms with Crippen molar-refractivity contribution < 1.29 is 9.18 Å². The van der Waals surface area contributed by atoms with Crippen molar-refractivity contribution in [1.82, 2.24) is 4.98 Å². The molecule has 1 amide bonds. The van der Waals surface area contributed by atoms with Crippen molar-refractivity contribution in [1.29, 1.82) is 0 Å². The molecular formula is C19H16FN3O. The fourth-order valence-corrected chi connectivity index (χ4v) is 2.19. The molecule has 2 N–H and O–H groups in total. The monoisotopic (exact) mass is 321 g/mol. The Morgan fingerprint density at radius 3 is 2.46 bits per heavy atom. The first-order chi connectivity index (χ1) is 11.7. The molecule has 3 aromatic rings. The molecule has 0 spiro atoms. The number of carbonyl (C=O) groups excluding carboxylic acids is 1. The number of rotatable bonds is 5. The van der Waals surface area contributed by atoms with E-state index in [1.807, 2.05) is 30.3 Å². The molecule has 24 heavy (non-hydrogen) atoms. The van der Waals surface area contributed by atoms with Gasteiger partial charge in [0.25, 0.3) is 5.91 Å². The zero-order valence-electron chi connectivity index (χ0n) is 12.9. The number of hydrogen-bond donors (Lipinski definition) is 2. The van der Waals surface area contributed by atoms with E-state index in [4.69, 9.17) is 0 Å². The predicted octanol–water partition coefficient (Wildman–Crippen LogP) is 4.09. The van der Waals surface area contributed by atoms with Crippen molar-refractivity contribution in [2.45, 2.75) is 6.54 Å². The van der Waals surface area contributed by atoms with Crippen molar-refractivity contribution in [3.63, 3.8) is 0 Å². The number of pyridine rings is 1. The van der Waals surface area contributed by atoms with E-state index in [1.165, 1.54) is 24.3 Å². The highest BCUT2D eigenvalue weighted by molar-refractivity contribution is 6.03. The zero-order valence-corrected chi connectivity index (χ0v) is 12.9. The van der Waals surface area contributed by atoms with E-state index in [2.05, 4.69) is 15.6 Å². The van der Waals surface area contributed by atoms with Crippen molar-refractivity contribution in [3.8, 4) is 0 Å². The Labute approximate surface area is 139 Å². The topological polar surface area (TPSA) is 54.0 Å². The largest absolute Gasteiger partial charge is 0.381 e. The summed E-state index contributed by atoms with van der Waals surface area (Å²) in [6.45, 7) is 0.657. The zero-order chi connectivity index (χ0) is 16.8. The molecule has 0 unspecified atom stereocenters. The lowest BCUT2D eigenvalue weighted by atomic mass is 10.2. The predicted molar refractivity (Wildman–Crippen MR) is 92.4 cm³/mol. The minimum Gasteiger partial charge on any atom is -0.381 e. The highest BCUT2D eigenvalue weighted by atomic mass is 19.1. The highest BCUT2D eigenvalue weighted by Gasteiger charge is 2.08. The van der Waals surface area contributed by atoms with E-state index in [0.29, 0.717) is 12.2 Å². The van der Waals surface area contributed by atoms with Gasteiger partial charge < -0.3 is 10.6 Å². The fraction of sp³-hybridized carbons (Fsp3) is 0.0526. The molecule has 1 heterocycles.